The van der Waals surface area contributed by atoms with E-state index in [1.54, 1.807) is 22.9 Å². The van der Waals surface area contributed by atoms with Crippen LogP contribution in [0.15, 0.2) is 70.2 Å². The van der Waals surface area contributed by atoms with Gasteiger partial charge in [-0.05, 0) is 43.7 Å². The van der Waals surface area contributed by atoms with E-state index in [1.807, 2.05) is 44.3 Å². The van der Waals surface area contributed by atoms with Gasteiger partial charge in [-0.3, -0.25) is 4.79 Å². The third-order valence-electron chi connectivity index (χ3n) is 4.40. The average Bonchev–Trinajstić information content (AvgIpc) is 3.11. The van der Waals surface area contributed by atoms with Crippen molar-refractivity contribution >= 4 is 22.6 Å². The molecule has 4 rings (SSSR count). The lowest BCUT2D eigenvalue weighted by atomic mass is 10.1. The minimum absolute atomic E-state index is 0.0870. The fourth-order valence-electron chi connectivity index (χ4n) is 2.95. The lowest BCUT2D eigenvalue weighted by molar-refractivity contribution is 0.104. The van der Waals surface area contributed by atoms with E-state index in [-0.39, 0.29) is 5.43 Å². The number of nitrogens with zero attached hydrogens (tertiary/aromatic N) is 3. The standard InChI is InChI=1S/C21H18ClN3O3/c1-21(2,28-16-6-7-17-18(26)8-9-27-19(17)11-16)20-13-25(24-23-20)12-14-4-3-5-15(22)10-14/h3-11,13H,12H2,1-2H3. The minimum Gasteiger partial charge on any atom is -0.481 e. The van der Waals surface area contributed by atoms with Crippen LogP contribution in [0.3, 0.4) is 0 Å². The van der Waals surface area contributed by atoms with Gasteiger partial charge in [0.25, 0.3) is 0 Å². The Morgan fingerprint density at radius 2 is 2.04 bits per heavy atom. The van der Waals surface area contributed by atoms with Gasteiger partial charge in [-0.1, -0.05) is 28.9 Å². The Balaban J connectivity index is 1.55. The first kappa shape index (κ1) is 18.3. The monoisotopic (exact) mass is 395 g/mol. The highest BCUT2D eigenvalue weighted by molar-refractivity contribution is 6.30. The number of hydrogen-bond donors (Lipinski definition) is 0. The molecule has 6 nitrogen and oxygen atoms in total. The molecule has 0 spiro atoms. The molecule has 2 aromatic carbocycles. The molecule has 2 aromatic heterocycles. The van der Waals surface area contributed by atoms with Crippen molar-refractivity contribution in [3.63, 3.8) is 0 Å². The highest BCUT2D eigenvalue weighted by atomic mass is 35.5. The number of halogens is 1. The zero-order valence-corrected chi connectivity index (χ0v) is 16.2. The first-order valence-corrected chi connectivity index (χ1v) is 9.14. The van der Waals surface area contributed by atoms with Crippen molar-refractivity contribution in [1.82, 2.24) is 15.0 Å². The van der Waals surface area contributed by atoms with Crippen LogP contribution in [-0.2, 0) is 12.1 Å². The molecule has 0 bridgehead atoms. The van der Waals surface area contributed by atoms with Crippen molar-refractivity contribution < 1.29 is 9.15 Å². The number of hydrogen-bond acceptors (Lipinski definition) is 5. The summed E-state index contributed by atoms with van der Waals surface area (Å²) in [5, 5.41) is 9.65. The normalized spacial score (nSPS) is 11.7. The van der Waals surface area contributed by atoms with E-state index >= 15 is 0 Å². The molecule has 0 N–H and O–H groups in total. The Kier molecular flexibility index (Phi) is 4.65. The van der Waals surface area contributed by atoms with Crippen molar-refractivity contribution in [3.05, 3.63) is 87.5 Å². The molecule has 0 amide bonds. The van der Waals surface area contributed by atoms with Gasteiger partial charge in [-0.25, -0.2) is 4.68 Å². The van der Waals surface area contributed by atoms with Crippen LogP contribution < -0.4 is 10.2 Å². The van der Waals surface area contributed by atoms with Crippen LogP contribution >= 0.6 is 11.6 Å². The molecule has 0 saturated heterocycles. The van der Waals surface area contributed by atoms with E-state index in [1.165, 1.54) is 12.3 Å². The molecular weight excluding hydrogens is 378 g/mol. The Bertz CT molecular complexity index is 1200. The topological polar surface area (TPSA) is 70.2 Å². The summed E-state index contributed by atoms with van der Waals surface area (Å²) in [4.78, 5) is 11.8. The van der Waals surface area contributed by atoms with Crippen LogP contribution in [0.1, 0.15) is 25.1 Å². The summed E-state index contributed by atoms with van der Waals surface area (Å²) in [7, 11) is 0. The lowest BCUT2D eigenvalue weighted by Gasteiger charge is -2.24. The van der Waals surface area contributed by atoms with Gasteiger partial charge < -0.3 is 9.15 Å². The van der Waals surface area contributed by atoms with Gasteiger partial charge in [-0.2, -0.15) is 0 Å². The van der Waals surface area contributed by atoms with Gasteiger partial charge in [-0.15, -0.1) is 5.10 Å². The Morgan fingerprint density at radius 3 is 2.86 bits per heavy atom. The molecule has 0 radical (unpaired) electrons. The van der Waals surface area contributed by atoms with Crippen molar-refractivity contribution in [2.75, 3.05) is 0 Å². The summed E-state index contributed by atoms with van der Waals surface area (Å²) < 4.78 is 13.3. The fourth-order valence-corrected chi connectivity index (χ4v) is 3.16. The molecule has 0 unspecified atom stereocenters. The van der Waals surface area contributed by atoms with Crippen LogP contribution in [0.4, 0.5) is 0 Å². The minimum atomic E-state index is -0.727. The number of benzene rings is 2. The molecule has 28 heavy (non-hydrogen) atoms. The molecule has 0 aliphatic carbocycles. The second kappa shape index (κ2) is 7.13. The number of rotatable bonds is 5. The van der Waals surface area contributed by atoms with E-state index < -0.39 is 5.60 Å². The van der Waals surface area contributed by atoms with Crippen molar-refractivity contribution in [3.8, 4) is 5.75 Å². The van der Waals surface area contributed by atoms with Gasteiger partial charge in [0.2, 0.25) is 0 Å². The van der Waals surface area contributed by atoms with Gasteiger partial charge >= 0.3 is 0 Å². The summed E-state index contributed by atoms with van der Waals surface area (Å²) in [6.45, 7) is 4.38. The third kappa shape index (κ3) is 3.77. The van der Waals surface area contributed by atoms with Crippen molar-refractivity contribution in [2.24, 2.45) is 0 Å². The number of ether oxygens (including phenoxy) is 1. The van der Waals surface area contributed by atoms with E-state index in [2.05, 4.69) is 10.3 Å². The smallest absolute Gasteiger partial charge is 0.192 e. The van der Waals surface area contributed by atoms with Gasteiger partial charge in [0.05, 0.1) is 24.4 Å². The predicted molar refractivity (Wildman–Crippen MR) is 107 cm³/mol. The van der Waals surface area contributed by atoms with Crippen LogP contribution in [0.5, 0.6) is 5.75 Å². The van der Waals surface area contributed by atoms with Crippen LogP contribution in [-0.4, -0.2) is 15.0 Å². The maximum absolute atomic E-state index is 11.8. The first-order chi connectivity index (χ1) is 13.4. The molecule has 0 aliphatic rings. The maximum Gasteiger partial charge on any atom is 0.192 e. The molecule has 4 aromatic rings. The Morgan fingerprint density at radius 1 is 1.18 bits per heavy atom. The first-order valence-electron chi connectivity index (χ1n) is 8.76. The van der Waals surface area contributed by atoms with E-state index in [9.17, 15) is 4.79 Å². The van der Waals surface area contributed by atoms with Crippen molar-refractivity contribution in [2.45, 2.75) is 26.0 Å². The van der Waals surface area contributed by atoms with Crippen LogP contribution in [0, 0.1) is 0 Å². The van der Waals surface area contributed by atoms with Gasteiger partial charge in [0.1, 0.15) is 22.6 Å². The maximum atomic E-state index is 11.8. The Hall–Kier alpha value is -3.12. The summed E-state index contributed by atoms with van der Waals surface area (Å²) >= 11 is 6.04. The molecule has 2 heterocycles. The summed E-state index contributed by atoms with van der Waals surface area (Å²) in [5.74, 6) is 0.580. The molecule has 142 valence electrons. The van der Waals surface area contributed by atoms with E-state index in [4.69, 9.17) is 20.8 Å². The van der Waals surface area contributed by atoms with Crippen LogP contribution in [0.25, 0.3) is 11.0 Å². The SMILES string of the molecule is CC(C)(Oc1ccc2c(=O)ccoc2c1)c1cn(Cc2cccc(Cl)c2)nn1. The van der Waals surface area contributed by atoms with E-state index in [0.29, 0.717) is 34.0 Å². The molecule has 0 atom stereocenters. The van der Waals surface area contributed by atoms with Gasteiger partial charge in [0, 0.05) is 17.2 Å². The zero-order valence-electron chi connectivity index (χ0n) is 15.4. The second-order valence-corrected chi connectivity index (χ2v) is 7.42. The second-order valence-electron chi connectivity index (χ2n) is 6.99. The third-order valence-corrected chi connectivity index (χ3v) is 4.63. The number of fused-ring (bicyclic) bond motifs is 1. The van der Waals surface area contributed by atoms with E-state index in [0.717, 1.165) is 5.56 Å². The number of aromatic nitrogens is 3. The van der Waals surface area contributed by atoms with Crippen molar-refractivity contribution in [1.29, 1.82) is 0 Å². The molecule has 0 aliphatic heterocycles. The fraction of sp³-hybridized carbons (Fsp3) is 0.190. The summed E-state index contributed by atoms with van der Waals surface area (Å²) in [6.07, 6.45) is 3.23. The van der Waals surface area contributed by atoms with Gasteiger partial charge in [0.15, 0.2) is 5.43 Å². The zero-order chi connectivity index (χ0) is 19.7. The Labute approximate surface area is 166 Å². The summed E-state index contributed by atoms with van der Waals surface area (Å²) in [6, 6.07) is 14.2. The van der Waals surface area contributed by atoms with Crippen LogP contribution in [0.2, 0.25) is 5.02 Å². The quantitative estimate of drug-likeness (QED) is 0.501. The summed E-state index contributed by atoms with van der Waals surface area (Å²) in [5.41, 5.74) is 1.38. The molecular formula is C21H18ClN3O3. The highest BCUT2D eigenvalue weighted by Crippen LogP contribution is 2.28. The predicted octanol–water partition coefficient (Wildman–Crippen LogP) is 4.40. The largest absolute Gasteiger partial charge is 0.481 e. The molecule has 7 heteroatoms. The highest BCUT2D eigenvalue weighted by Gasteiger charge is 2.27. The molecule has 0 saturated carbocycles. The lowest BCUT2D eigenvalue weighted by Crippen LogP contribution is -2.25. The molecule has 0 fully saturated rings. The average molecular weight is 396 g/mol.